The first-order valence-corrected chi connectivity index (χ1v) is 7.40. The molecular weight excluding hydrogens is 240 g/mol. The van der Waals surface area contributed by atoms with E-state index in [-0.39, 0.29) is 6.09 Å². The van der Waals surface area contributed by atoms with E-state index >= 15 is 0 Å². The maximum absolute atomic E-state index is 12.5. The summed E-state index contributed by atoms with van der Waals surface area (Å²) in [4.78, 5) is 14.5. The average Bonchev–Trinajstić information content (AvgIpc) is 2.65. The molecule has 2 fully saturated rings. The zero-order chi connectivity index (χ0) is 14.3. The Hall–Kier alpha value is -0.770. The Morgan fingerprint density at radius 3 is 2.32 bits per heavy atom. The maximum atomic E-state index is 12.5. The van der Waals surface area contributed by atoms with Gasteiger partial charge in [-0.15, -0.1) is 0 Å². The quantitative estimate of drug-likeness (QED) is 0.837. The molecule has 2 rings (SSSR count). The fraction of sp³-hybridized carbons (Fsp3) is 0.933. The zero-order valence-electron chi connectivity index (χ0n) is 13.0. The molecule has 0 unspecified atom stereocenters. The van der Waals surface area contributed by atoms with Gasteiger partial charge in [0.15, 0.2) is 0 Å². The van der Waals surface area contributed by atoms with Crippen molar-refractivity contribution in [2.75, 3.05) is 13.1 Å². The molecule has 1 aliphatic heterocycles. The lowest BCUT2D eigenvalue weighted by Gasteiger charge is -2.49. The molecule has 0 aromatic rings. The highest BCUT2D eigenvalue weighted by molar-refractivity contribution is 5.69. The molecule has 0 aromatic heterocycles. The molecular formula is C15H28N2O2. The molecule has 4 heteroatoms. The number of hydrogen-bond donors (Lipinski definition) is 1. The van der Waals surface area contributed by atoms with Crippen LogP contribution >= 0.6 is 0 Å². The van der Waals surface area contributed by atoms with E-state index in [2.05, 4.69) is 19.2 Å². The normalized spacial score (nSPS) is 26.9. The zero-order valence-corrected chi connectivity index (χ0v) is 13.0. The van der Waals surface area contributed by atoms with E-state index in [4.69, 9.17) is 4.74 Å². The lowest BCUT2D eigenvalue weighted by molar-refractivity contribution is -0.0293. The molecule has 1 saturated carbocycles. The van der Waals surface area contributed by atoms with Crippen molar-refractivity contribution >= 4 is 6.09 Å². The molecule has 0 bridgehead atoms. The largest absolute Gasteiger partial charge is 0.444 e. The molecule has 1 heterocycles. The summed E-state index contributed by atoms with van der Waals surface area (Å²) in [6.07, 6.45) is 3.07. The van der Waals surface area contributed by atoms with Crippen molar-refractivity contribution in [2.24, 2.45) is 5.41 Å². The van der Waals surface area contributed by atoms with Crippen molar-refractivity contribution in [1.82, 2.24) is 10.2 Å². The highest BCUT2D eigenvalue weighted by Crippen LogP contribution is 2.44. The van der Waals surface area contributed by atoms with E-state index in [0.717, 1.165) is 32.4 Å². The number of nitrogens with zero attached hydrogens (tertiary/aromatic N) is 1. The minimum absolute atomic E-state index is 0.137. The molecule has 1 amide bonds. The van der Waals surface area contributed by atoms with E-state index in [1.165, 1.54) is 0 Å². The molecule has 19 heavy (non-hydrogen) atoms. The van der Waals surface area contributed by atoms with Crippen LogP contribution in [0.4, 0.5) is 4.79 Å². The van der Waals surface area contributed by atoms with Gasteiger partial charge in [0.25, 0.3) is 0 Å². The molecule has 0 aromatic carbocycles. The first-order valence-electron chi connectivity index (χ1n) is 7.40. The number of nitrogens with one attached hydrogen (secondary N) is 1. The van der Waals surface area contributed by atoms with Gasteiger partial charge in [-0.1, -0.05) is 13.8 Å². The van der Waals surface area contributed by atoms with Crippen LogP contribution in [0.5, 0.6) is 0 Å². The lowest BCUT2D eigenvalue weighted by atomic mass is 9.67. The minimum atomic E-state index is -0.416. The van der Waals surface area contributed by atoms with Crippen LogP contribution < -0.4 is 5.32 Å². The molecule has 2 aliphatic rings. The number of rotatable bonds is 2. The number of carbonyl (C=O) groups excluding carboxylic acids is 1. The van der Waals surface area contributed by atoms with Crippen molar-refractivity contribution in [2.45, 2.75) is 71.6 Å². The molecule has 1 saturated heterocycles. The molecule has 110 valence electrons. The molecule has 1 atom stereocenters. The second-order valence-corrected chi connectivity index (χ2v) is 7.76. The minimum Gasteiger partial charge on any atom is -0.444 e. The number of ether oxygens (including phenoxy) is 1. The van der Waals surface area contributed by atoms with Crippen molar-refractivity contribution < 1.29 is 9.53 Å². The molecule has 1 aliphatic carbocycles. The number of amides is 1. The Kier molecular flexibility index (Phi) is 3.83. The van der Waals surface area contributed by atoms with Gasteiger partial charge in [0.2, 0.25) is 0 Å². The highest BCUT2D eigenvalue weighted by Gasteiger charge is 2.45. The van der Waals surface area contributed by atoms with E-state index < -0.39 is 5.60 Å². The summed E-state index contributed by atoms with van der Waals surface area (Å²) in [6, 6.07) is 0.658. The fourth-order valence-corrected chi connectivity index (χ4v) is 3.20. The molecule has 0 spiro atoms. The average molecular weight is 268 g/mol. The topological polar surface area (TPSA) is 41.6 Å². The van der Waals surface area contributed by atoms with Crippen LogP contribution in [0.1, 0.15) is 53.9 Å². The van der Waals surface area contributed by atoms with Crippen molar-refractivity contribution in [3.63, 3.8) is 0 Å². The standard InChI is InChI=1S/C15H28N2O2/c1-14(2,3)19-13(18)17(11-6-7-16-10-11)12-8-15(4,5)9-12/h11-12,16H,6-10H2,1-5H3/t11-/m0/s1. The van der Waals surface area contributed by atoms with Gasteiger partial charge in [-0.05, 0) is 52.0 Å². The van der Waals surface area contributed by atoms with E-state index in [0.29, 0.717) is 17.5 Å². The van der Waals surface area contributed by atoms with E-state index in [1.54, 1.807) is 0 Å². The van der Waals surface area contributed by atoms with Crippen LogP contribution in [-0.4, -0.2) is 41.8 Å². The summed E-state index contributed by atoms with van der Waals surface area (Å²) in [5, 5.41) is 3.34. The van der Waals surface area contributed by atoms with Crippen molar-refractivity contribution in [3.8, 4) is 0 Å². The Morgan fingerprint density at radius 2 is 1.89 bits per heavy atom. The lowest BCUT2D eigenvalue weighted by Crippen LogP contribution is -2.56. The van der Waals surface area contributed by atoms with E-state index in [1.807, 2.05) is 25.7 Å². The van der Waals surface area contributed by atoms with Gasteiger partial charge in [0.1, 0.15) is 5.60 Å². The fourth-order valence-electron chi connectivity index (χ4n) is 3.20. The second-order valence-electron chi connectivity index (χ2n) is 7.76. The van der Waals surface area contributed by atoms with Crippen molar-refractivity contribution in [1.29, 1.82) is 0 Å². The molecule has 0 radical (unpaired) electrons. The van der Waals surface area contributed by atoms with Gasteiger partial charge >= 0.3 is 6.09 Å². The first kappa shape index (κ1) is 14.6. The third-order valence-electron chi connectivity index (χ3n) is 4.00. The SMILES string of the molecule is CC1(C)CC(N(C(=O)OC(C)(C)C)[C@H]2CCNC2)C1. The number of hydrogen-bond acceptors (Lipinski definition) is 3. The summed E-state index contributed by atoms with van der Waals surface area (Å²) >= 11 is 0. The smallest absolute Gasteiger partial charge is 0.410 e. The summed E-state index contributed by atoms with van der Waals surface area (Å²) in [5.74, 6) is 0. The predicted octanol–water partition coefficient (Wildman–Crippen LogP) is 2.77. The third-order valence-corrected chi connectivity index (χ3v) is 4.00. The molecule has 4 nitrogen and oxygen atoms in total. The Labute approximate surface area is 116 Å². The Balaban J connectivity index is 2.04. The van der Waals surface area contributed by atoms with Gasteiger partial charge in [0.05, 0.1) is 0 Å². The summed E-state index contributed by atoms with van der Waals surface area (Å²) in [6.45, 7) is 12.2. The first-order chi connectivity index (χ1) is 8.68. The van der Waals surface area contributed by atoms with Crippen LogP contribution in [-0.2, 0) is 4.74 Å². The third kappa shape index (κ3) is 3.62. The monoisotopic (exact) mass is 268 g/mol. The Bertz CT molecular complexity index is 333. The van der Waals surface area contributed by atoms with Crippen LogP contribution in [0.25, 0.3) is 0 Å². The van der Waals surface area contributed by atoms with Gasteiger partial charge in [0, 0.05) is 18.6 Å². The maximum Gasteiger partial charge on any atom is 0.410 e. The van der Waals surface area contributed by atoms with Crippen LogP contribution in [0.2, 0.25) is 0 Å². The van der Waals surface area contributed by atoms with Gasteiger partial charge in [-0.25, -0.2) is 4.79 Å². The van der Waals surface area contributed by atoms with Crippen LogP contribution in [0, 0.1) is 5.41 Å². The Morgan fingerprint density at radius 1 is 1.26 bits per heavy atom. The summed E-state index contributed by atoms with van der Waals surface area (Å²) < 4.78 is 5.60. The second kappa shape index (κ2) is 4.97. The summed E-state index contributed by atoms with van der Waals surface area (Å²) in [7, 11) is 0. The van der Waals surface area contributed by atoms with Crippen LogP contribution in [0.15, 0.2) is 0 Å². The predicted molar refractivity (Wildman–Crippen MR) is 76.2 cm³/mol. The van der Waals surface area contributed by atoms with Gasteiger partial charge < -0.3 is 15.0 Å². The van der Waals surface area contributed by atoms with E-state index in [9.17, 15) is 4.79 Å². The van der Waals surface area contributed by atoms with Gasteiger partial charge in [-0.3, -0.25) is 0 Å². The van der Waals surface area contributed by atoms with Crippen LogP contribution in [0.3, 0.4) is 0 Å². The highest BCUT2D eigenvalue weighted by atomic mass is 16.6. The number of carbonyl (C=O) groups is 1. The summed E-state index contributed by atoms with van der Waals surface area (Å²) in [5.41, 5.74) is -0.0441. The van der Waals surface area contributed by atoms with Gasteiger partial charge in [-0.2, -0.15) is 0 Å². The molecule has 1 N–H and O–H groups in total. The van der Waals surface area contributed by atoms with Crippen molar-refractivity contribution in [3.05, 3.63) is 0 Å².